The zero-order chi connectivity index (χ0) is 12.3. The Hall–Kier alpha value is -0.940. The monoisotopic (exact) mass is 312 g/mol. The first-order valence-electron chi connectivity index (χ1n) is 5.45. The van der Waals surface area contributed by atoms with Crippen molar-refractivity contribution in [3.8, 4) is 10.9 Å². The van der Waals surface area contributed by atoms with Crippen molar-refractivity contribution in [2.24, 2.45) is 0 Å². The third-order valence-corrected chi connectivity index (χ3v) is 3.78. The number of aromatic nitrogens is 2. The van der Waals surface area contributed by atoms with Crippen LogP contribution in [0.1, 0.15) is 24.7 Å². The maximum atomic E-state index is 5.67. The van der Waals surface area contributed by atoms with E-state index in [0.29, 0.717) is 5.19 Å². The quantitative estimate of drug-likeness (QED) is 0.841. The molecule has 0 aliphatic carbocycles. The number of nitrogens with zero attached hydrogens (tertiary/aromatic N) is 2. The Morgan fingerprint density at radius 2 is 2.24 bits per heavy atom. The summed E-state index contributed by atoms with van der Waals surface area (Å²) in [7, 11) is 0. The van der Waals surface area contributed by atoms with Gasteiger partial charge in [0, 0.05) is 22.4 Å². The summed E-state index contributed by atoms with van der Waals surface area (Å²) in [5.74, 6) is 1.66. The second kappa shape index (κ2) is 5.60. The Kier molecular flexibility index (Phi) is 4.12. The largest absolute Gasteiger partial charge is 0.430 e. The molecule has 1 heterocycles. The molecule has 90 valence electrons. The molecule has 2 rings (SSSR count). The number of hydrogen-bond acceptors (Lipinski definition) is 4. The van der Waals surface area contributed by atoms with Crippen LogP contribution in [0.3, 0.4) is 0 Å². The van der Waals surface area contributed by atoms with Crippen molar-refractivity contribution >= 4 is 27.5 Å². The summed E-state index contributed by atoms with van der Waals surface area (Å²) < 4.78 is 11.0. The summed E-state index contributed by atoms with van der Waals surface area (Å²) in [6.07, 6.45) is 1.95. The molecule has 0 N–H and O–H groups in total. The molecule has 0 amide bonds. The van der Waals surface area contributed by atoms with Crippen LogP contribution in [0.25, 0.3) is 0 Å². The minimum Gasteiger partial charge on any atom is -0.430 e. The van der Waals surface area contributed by atoms with E-state index in [-0.39, 0.29) is 0 Å². The molecule has 2 aromatic rings. The number of rotatable bonds is 4. The lowest BCUT2D eigenvalue weighted by atomic mass is 10.2. The normalized spacial score (nSPS) is 10.5. The zero-order valence-corrected chi connectivity index (χ0v) is 12.1. The molecule has 0 atom stereocenters. The van der Waals surface area contributed by atoms with Crippen LogP contribution in [0.2, 0.25) is 0 Å². The van der Waals surface area contributed by atoms with Gasteiger partial charge in [-0.25, -0.2) is 0 Å². The van der Waals surface area contributed by atoms with Crippen LogP contribution in [0, 0.1) is 6.92 Å². The molecule has 3 nitrogen and oxygen atoms in total. The van der Waals surface area contributed by atoms with Crippen LogP contribution in [0.5, 0.6) is 10.9 Å². The summed E-state index contributed by atoms with van der Waals surface area (Å²) in [6.45, 7) is 4.14. The average molecular weight is 313 g/mol. The highest BCUT2D eigenvalue weighted by atomic mass is 79.9. The smallest absolute Gasteiger partial charge is 0.298 e. The molecule has 17 heavy (non-hydrogen) atoms. The number of ether oxygens (including phenoxy) is 1. The Morgan fingerprint density at radius 3 is 2.94 bits per heavy atom. The van der Waals surface area contributed by atoms with Gasteiger partial charge in [0.05, 0.1) is 0 Å². The van der Waals surface area contributed by atoms with E-state index < -0.39 is 0 Å². The van der Waals surface area contributed by atoms with Gasteiger partial charge < -0.3 is 4.74 Å². The lowest BCUT2D eigenvalue weighted by molar-refractivity contribution is 0.476. The fourth-order valence-electron chi connectivity index (χ4n) is 1.39. The molecular formula is C12H13BrN2OS. The number of benzene rings is 1. The molecular weight excluding hydrogens is 300 g/mol. The maximum Gasteiger partial charge on any atom is 0.298 e. The third kappa shape index (κ3) is 3.26. The van der Waals surface area contributed by atoms with Crippen molar-refractivity contribution in [2.45, 2.75) is 26.7 Å². The molecule has 0 bridgehead atoms. The predicted octanol–water partition coefficient (Wildman–Crippen LogP) is 4.35. The molecule has 0 fully saturated rings. The van der Waals surface area contributed by atoms with Crippen molar-refractivity contribution in [1.82, 2.24) is 9.36 Å². The van der Waals surface area contributed by atoms with Crippen molar-refractivity contribution in [3.05, 3.63) is 34.1 Å². The Morgan fingerprint density at radius 1 is 1.41 bits per heavy atom. The molecule has 0 saturated heterocycles. The Balaban J connectivity index is 2.11. The number of aryl methyl sites for hydroxylation is 2. The lowest BCUT2D eigenvalue weighted by Gasteiger charge is -2.03. The van der Waals surface area contributed by atoms with Gasteiger partial charge in [-0.1, -0.05) is 22.9 Å². The van der Waals surface area contributed by atoms with E-state index in [1.807, 2.05) is 25.1 Å². The van der Waals surface area contributed by atoms with Gasteiger partial charge >= 0.3 is 0 Å². The summed E-state index contributed by atoms with van der Waals surface area (Å²) in [6, 6.07) is 5.86. The fourth-order valence-corrected chi connectivity index (χ4v) is 2.23. The first-order valence-corrected chi connectivity index (χ1v) is 7.02. The zero-order valence-electron chi connectivity index (χ0n) is 9.74. The Bertz CT molecular complexity index is 513. The molecule has 1 aromatic carbocycles. The van der Waals surface area contributed by atoms with Crippen LogP contribution in [-0.2, 0) is 6.42 Å². The van der Waals surface area contributed by atoms with Gasteiger partial charge in [-0.15, -0.1) is 0 Å². The van der Waals surface area contributed by atoms with E-state index in [9.17, 15) is 0 Å². The van der Waals surface area contributed by atoms with Crippen LogP contribution in [0.15, 0.2) is 22.7 Å². The fraction of sp³-hybridized carbons (Fsp3) is 0.333. The Labute approximate surface area is 113 Å². The van der Waals surface area contributed by atoms with Crippen molar-refractivity contribution in [3.63, 3.8) is 0 Å². The van der Waals surface area contributed by atoms with Crippen LogP contribution in [0.4, 0.5) is 0 Å². The van der Waals surface area contributed by atoms with Crippen LogP contribution < -0.4 is 4.74 Å². The van der Waals surface area contributed by atoms with Gasteiger partial charge in [0.1, 0.15) is 11.6 Å². The van der Waals surface area contributed by atoms with E-state index in [4.69, 9.17) is 4.74 Å². The molecule has 0 aliphatic rings. The molecule has 1 aromatic heterocycles. The van der Waals surface area contributed by atoms with E-state index >= 15 is 0 Å². The lowest BCUT2D eigenvalue weighted by Crippen LogP contribution is -1.87. The van der Waals surface area contributed by atoms with E-state index in [2.05, 4.69) is 32.2 Å². The van der Waals surface area contributed by atoms with Crippen LogP contribution in [-0.4, -0.2) is 9.36 Å². The maximum absolute atomic E-state index is 5.67. The molecule has 5 heteroatoms. The summed E-state index contributed by atoms with van der Waals surface area (Å²) in [5.41, 5.74) is 1.14. The molecule has 0 aliphatic heterocycles. The number of halogens is 1. The first kappa shape index (κ1) is 12.5. The predicted molar refractivity (Wildman–Crippen MR) is 72.9 cm³/mol. The van der Waals surface area contributed by atoms with Gasteiger partial charge in [-0.3, -0.25) is 0 Å². The minimum absolute atomic E-state index is 0.607. The minimum atomic E-state index is 0.607. The third-order valence-electron chi connectivity index (χ3n) is 2.26. The van der Waals surface area contributed by atoms with Crippen LogP contribution >= 0.6 is 27.5 Å². The summed E-state index contributed by atoms with van der Waals surface area (Å²) in [5, 5.41) is 0.607. The molecule has 0 unspecified atom stereocenters. The van der Waals surface area contributed by atoms with Gasteiger partial charge in [0.15, 0.2) is 0 Å². The highest BCUT2D eigenvalue weighted by molar-refractivity contribution is 9.10. The van der Waals surface area contributed by atoms with E-state index in [1.54, 1.807) is 0 Å². The van der Waals surface area contributed by atoms with E-state index in [0.717, 1.165) is 34.5 Å². The second-order valence-corrected chi connectivity index (χ2v) is 5.31. The topological polar surface area (TPSA) is 35.0 Å². The summed E-state index contributed by atoms with van der Waals surface area (Å²) in [4.78, 5) is 4.32. The van der Waals surface area contributed by atoms with Crippen molar-refractivity contribution < 1.29 is 4.74 Å². The highest BCUT2D eigenvalue weighted by Gasteiger charge is 2.06. The van der Waals surface area contributed by atoms with E-state index in [1.165, 1.54) is 11.5 Å². The summed E-state index contributed by atoms with van der Waals surface area (Å²) >= 11 is 4.76. The van der Waals surface area contributed by atoms with Gasteiger partial charge in [0.2, 0.25) is 0 Å². The van der Waals surface area contributed by atoms with Gasteiger partial charge in [0.25, 0.3) is 5.19 Å². The highest BCUT2D eigenvalue weighted by Crippen LogP contribution is 2.27. The van der Waals surface area contributed by atoms with Crippen molar-refractivity contribution in [2.75, 3.05) is 0 Å². The standard InChI is InChI=1S/C12H13BrN2OS/c1-3-4-11-14-12(17-15-11)16-9-5-6-10(13)8(2)7-9/h5-7H,3-4H2,1-2H3. The molecule has 0 saturated carbocycles. The second-order valence-electron chi connectivity index (χ2n) is 3.74. The molecule has 0 radical (unpaired) electrons. The molecule has 0 spiro atoms. The SMILES string of the molecule is CCCc1nsc(Oc2ccc(Br)c(C)c2)n1. The first-order chi connectivity index (χ1) is 8.19. The average Bonchev–Trinajstić information content (AvgIpc) is 2.72. The number of hydrogen-bond donors (Lipinski definition) is 0. The van der Waals surface area contributed by atoms with Gasteiger partial charge in [-0.05, 0) is 37.1 Å². The van der Waals surface area contributed by atoms with Crippen molar-refractivity contribution in [1.29, 1.82) is 0 Å². The van der Waals surface area contributed by atoms with Gasteiger partial charge in [-0.2, -0.15) is 9.36 Å².